The number of thioether (sulfide) groups is 2. The number of carbonyl (C=O) groups is 1. The molecular formula is C20H18ClN5OS2. The summed E-state index contributed by atoms with van der Waals surface area (Å²) < 4.78 is 2.89. The molecule has 0 spiro atoms. The number of aromatic nitrogens is 1. The summed E-state index contributed by atoms with van der Waals surface area (Å²) in [5.74, 6) is 0.506. The van der Waals surface area contributed by atoms with Crippen molar-refractivity contribution in [3.63, 3.8) is 0 Å². The first kappa shape index (κ1) is 20.0. The lowest BCUT2D eigenvalue weighted by Crippen LogP contribution is -2.35. The van der Waals surface area contributed by atoms with Gasteiger partial charge in [0.2, 0.25) is 5.17 Å². The van der Waals surface area contributed by atoms with Gasteiger partial charge in [0.1, 0.15) is 0 Å². The van der Waals surface area contributed by atoms with Crippen LogP contribution in [0, 0.1) is 19.3 Å². The van der Waals surface area contributed by atoms with Crippen LogP contribution in [0.2, 0.25) is 5.02 Å². The van der Waals surface area contributed by atoms with Crippen LogP contribution < -0.4 is 0 Å². The summed E-state index contributed by atoms with van der Waals surface area (Å²) in [7, 11) is 0. The SMILES string of the molecule is CCSC1=NN2C(=N)/C(=C/c3cc(C)n(-c4ccc(Cl)cc4)c3C)C(=O)N=C2S1. The number of halogens is 1. The second-order valence-electron chi connectivity index (χ2n) is 6.46. The quantitative estimate of drug-likeness (QED) is 0.671. The average Bonchev–Trinajstić information content (AvgIpc) is 3.20. The normalized spacial score (nSPS) is 17.7. The van der Waals surface area contributed by atoms with Crippen molar-refractivity contribution in [1.82, 2.24) is 9.58 Å². The maximum atomic E-state index is 12.6. The number of hydrogen-bond acceptors (Lipinski definition) is 5. The molecular weight excluding hydrogens is 426 g/mol. The summed E-state index contributed by atoms with van der Waals surface area (Å²) in [6.45, 7) is 6.02. The van der Waals surface area contributed by atoms with Gasteiger partial charge in [-0.15, -0.1) is 5.10 Å². The minimum Gasteiger partial charge on any atom is -0.318 e. The molecule has 0 atom stereocenters. The van der Waals surface area contributed by atoms with Gasteiger partial charge >= 0.3 is 0 Å². The molecule has 9 heteroatoms. The lowest BCUT2D eigenvalue weighted by molar-refractivity contribution is -0.114. The van der Waals surface area contributed by atoms with Crippen LogP contribution in [0.3, 0.4) is 0 Å². The van der Waals surface area contributed by atoms with E-state index in [9.17, 15) is 4.79 Å². The first-order valence-corrected chi connectivity index (χ1v) is 11.1. The highest BCUT2D eigenvalue weighted by Gasteiger charge is 2.35. The van der Waals surface area contributed by atoms with Crippen molar-refractivity contribution in [3.05, 3.63) is 57.9 Å². The van der Waals surface area contributed by atoms with Crippen LogP contribution in [0.1, 0.15) is 23.9 Å². The zero-order valence-corrected chi connectivity index (χ0v) is 18.5. The number of aliphatic imine (C=N–C) groups is 1. The second-order valence-corrected chi connectivity index (χ2v) is 9.36. The van der Waals surface area contributed by atoms with Gasteiger partial charge in [-0.05, 0) is 73.3 Å². The molecule has 2 aromatic rings. The maximum absolute atomic E-state index is 12.6. The molecule has 0 aliphatic carbocycles. The van der Waals surface area contributed by atoms with E-state index in [1.165, 1.54) is 16.8 Å². The molecule has 0 saturated heterocycles. The van der Waals surface area contributed by atoms with Crippen LogP contribution in [-0.2, 0) is 4.79 Å². The van der Waals surface area contributed by atoms with E-state index in [1.807, 2.05) is 51.1 Å². The number of hydrazone groups is 1. The lowest BCUT2D eigenvalue weighted by atomic mass is 10.1. The molecule has 2 aliphatic rings. The third-order valence-electron chi connectivity index (χ3n) is 4.56. The molecule has 0 radical (unpaired) electrons. The van der Waals surface area contributed by atoms with Gasteiger partial charge < -0.3 is 4.57 Å². The third kappa shape index (κ3) is 3.68. The molecule has 0 bridgehead atoms. The highest BCUT2D eigenvalue weighted by atomic mass is 35.5. The lowest BCUT2D eigenvalue weighted by Gasteiger charge is -2.20. The van der Waals surface area contributed by atoms with Crippen LogP contribution in [-0.4, -0.2) is 36.6 Å². The monoisotopic (exact) mass is 443 g/mol. The van der Waals surface area contributed by atoms with Gasteiger partial charge in [-0.3, -0.25) is 10.2 Å². The minimum absolute atomic E-state index is 0.0514. The Morgan fingerprint density at radius 2 is 2.00 bits per heavy atom. The molecule has 1 N–H and O–H groups in total. The predicted octanol–water partition coefficient (Wildman–Crippen LogP) is 5.08. The van der Waals surface area contributed by atoms with Gasteiger partial charge in [0, 0.05) is 22.1 Å². The van der Waals surface area contributed by atoms with E-state index in [0.29, 0.717) is 10.2 Å². The Kier molecular flexibility index (Phi) is 5.42. The summed E-state index contributed by atoms with van der Waals surface area (Å²) in [5.41, 5.74) is 4.07. The largest absolute Gasteiger partial charge is 0.318 e. The third-order valence-corrected chi connectivity index (χ3v) is 6.73. The van der Waals surface area contributed by atoms with Gasteiger partial charge in [0.05, 0.1) is 5.57 Å². The van der Waals surface area contributed by atoms with Crippen molar-refractivity contribution in [2.75, 3.05) is 5.75 Å². The fourth-order valence-corrected chi connectivity index (χ4v) is 5.18. The van der Waals surface area contributed by atoms with E-state index in [4.69, 9.17) is 17.0 Å². The Morgan fingerprint density at radius 3 is 2.69 bits per heavy atom. The highest BCUT2D eigenvalue weighted by molar-refractivity contribution is 8.45. The molecule has 3 heterocycles. The first-order valence-electron chi connectivity index (χ1n) is 8.97. The van der Waals surface area contributed by atoms with Crippen molar-refractivity contribution in [1.29, 1.82) is 5.41 Å². The smallest absolute Gasteiger partial charge is 0.283 e. The standard InChI is InChI=1S/C20H18ClN5OS2/c1-4-28-20-24-26-17(22)16(18(27)23-19(26)29-20)10-13-9-11(2)25(12(13)3)15-7-5-14(21)6-8-15/h5-10,22H,4H2,1-3H3/b16-10-,22-17?. The fraction of sp³-hybridized carbons (Fsp3) is 0.200. The number of nitrogens with zero attached hydrogens (tertiary/aromatic N) is 4. The van der Waals surface area contributed by atoms with Crippen LogP contribution in [0.15, 0.2) is 46.0 Å². The van der Waals surface area contributed by atoms with Crippen molar-refractivity contribution in [3.8, 4) is 5.69 Å². The average molecular weight is 444 g/mol. The van der Waals surface area contributed by atoms with Crippen LogP contribution in [0.25, 0.3) is 11.8 Å². The van der Waals surface area contributed by atoms with Crippen molar-refractivity contribution >= 4 is 62.5 Å². The number of aryl methyl sites for hydroxylation is 1. The zero-order chi connectivity index (χ0) is 20.7. The van der Waals surface area contributed by atoms with Crippen molar-refractivity contribution in [2.45, 2.75) is 20.8 Å². The van der Waals surface area contributed by atoms with Gasteiger partial charge in [0.15, 0.2) is 10.2 Å². The Balaban J connectivity index is 1.72. The second kappa shape index (κ2) is 7.85. The van der Waals surface area contributed by atoms with Crippen molar-refractivity contribution < 1.29 is 4.79 Å². The molecule has 2 aliphatic heterocycles. The maximum Gasteiger partial charge on any atom is 0.283 e. The molecule has 0 unspecified atom stereocenters. The van der Waals surface area contributed by atoms with E-state index < -0.39 is 5.91 Å². The van der Waals surface area contributed by atoms with Gasteiger partial charge in [-0.2, -0.15) is 10.0 Å². The van der Waals surface area contributed by atoms with Gasteiger partial charge in [-0.25, -0.2) is 0 Å². The van der Waals surface area contributed by atoms with Crippen LogP contribution in [0.4, 0.5) is 0 Å². The topological polar surface area (TPSA) is 73.8 Å². The number of amidine groups is 2. The van der Waals surface area contributed by atoms with Gasteiger partial charge in [-0.1, -0.05) is 30.3 Å². The number of hydrogen-bond donors (Lipinski definition) is 1. The van der Waals surface area contributed by atoms with E-state index in [0.717, 1.165) is 32.8 Å². The molecule has 29 heavy (non-hydrogen) atoms. The van der Waals surface area contributed by atoms with Crippen molar-refractivity contribution in [2.24, 2.45) is 10.1 Å². The number of fused-ring (bicyclic) bond motifs is 1. The molecule has 6 nitrogen and oxygen atoms in total. The number of amides is 1. The van der Waals surface area contributed by atoms with Crippen LogP contribution >= 0.6 is 35.1 Å². The molecule has 4 rings (SSSR count). The summed E-state index contributed by atoms with van der Waals surface area (Å²) in [6, 6.07) is 9.59. The Bertz CT molecular complexity index is 1110. The predicted molar refractivity (Wildman–Crippen MR) is 123 cm³/mol. The number of rotatable bonds is 3. The van der Waals surface area contributed by atoms with E-state index in [2.05, 4.69) is 14.7 Å². The molecule has 1 aromatic carbocycles. The van der Waals surface area contributed by atoms with E-state index >= 15 is 0 Å². The minimum atomic E-state index is -0.414. The molecule has 0 saturated carbocycles. The molecule has 148 valence electrons. The summed E-state index contributed by atoms with van der Waals surface area (Å²) in [5, 5.41) is 15.5. The molecule has 1 amide bonds. The van der Waals surface area contributed by atoms with Crippen LogP contribution in [0.5, 0.6) is 0 Å². The first-order chi connectivity index (χ1) is 13.9. The Labute approximate surface area is 182 Å². The highest BCUT2D eigenvalue weighted by Crippen LogP contribution is 2.33. The molecule has 0 fully saturated rings. The number of nitrogens with one attached hydrogen (secondary N) is 1. The molecule has 1 aromatic heterocycles. The summed E-state index contributed by atoms with van der Waals surface area (Å²) >= 11 is 8.91. The fourth-order valence-electron chi connectivity index (χ4n) is 3.23. The van der Waals surface area contributed by atoms with Gasteiger partial charge in [0.25, 0.3) is 5.91 Å². The Morgan fingerprint density at radius 1 is 1.28 bits per heavy atom. The zero-order valence-electron chi connectivity index (χ0n) is 16.1. The Hall–Kier alpha value is -2.29. The number of benzene rings is 1. The number of carbonyl (C=O) groups excluding carboxylic acids is 1. The summed E-state index contributed by atoms with van der Waals surface area (Å²) in [6.07, 6.45) is 1.73. The van der Waals surface area contributed by atoms with E-state index in [-0.39, 0.29) is 11.4 Å². The summed E-state index contributed by atoms with van der Waals surface area (Å²) in [4.78, 5) is 16.8. The van der Waals surface area contributed by atoms with E-state index in [1.54, 1.807) is 17.8 Å².